The van der Waals surface area contributed by atoms with Gasteiger partial charge in [0.1, 0.15) is 12.4 Å². The quantitative estimate of drug-likeness (QED) is 0.316. The molecule has 0 aliphatic heterocycles. The summed E-state index contributed by atoms with van der Waals surface area (Å²) in [5.74, 6) is 1.15. The van der Waals surface area contributed by atoms with Crippen molar-refractivity contribution in [2.45, 2.75) is 19.2 Å². The average Bonchev–Trinajstić information content (AvgIpc) is 2.37. The fourth-order valence-corrected chi connectivity index (χ4v) is 1.89. The summed E-state index contributed by atoms with van der Waals surface area (Å²) < 4.78 is 11.0. The highest BCUT2D eigenvalue weighted by Crippen LogP contribution is 2.26. The molecule has 0 saturated carbocycles. The summed E-state index contributed by atoms with van der Waals surface area (Å²) in [6.07, 6.45) is 0. The van der Waals surface area contributed by atoms with E-state index >= 15 is 0 Å². The highest BCUT2D eigenvalue weighted by Gasteiger charge is 2.10. The highest BCUT2D eigenvalue weighted by molar-refractivity contribution is 9.08. The van der Waals surface area contributed by atoms with Gasteiger partial charge in [-0.15, -0.1) is 0 Å². The second kappa shape index (κ2) is 8.12. The van der Waals surface area contributed by atoms with Crippen LogP contribution in [0.15, 0.2) is 18.2 Å². The van der Waals surface area contributed by atoms with E-state index in [0.29, 0.717) is 36.8 Å². The maximum atomic E-state index is 10.7. The lowest BCUT2D eigenvalue weighted by Crippen LogP contribution is -2.10. The number of nitro benzene ring substituents is 1. The third-order valence-electron chi connectivity index (χ3n) is 2.34. The summed E-state index contributed by atoms with van der Waals surface area (Å²) in [5, 5.41) is 11.2. The SMILES string of the molecule is CC(C)COCCOc1ccc([N+](=O)[O-])cc1CBr. The van der Waals surface area contributed by atoms with Crippen LogP contribution in [0.5, 0.6) is 5.75 Å². The number of ether oxygens (including phenoxy) is 2. The molecule has 5 nitrogen and oxygen atoms in total. The number of hydrogen-bond donors (Lipinski definition) is 0. The van der Waals surface area contributed by atoms with E-state index in [4.69, 9.17) is 9.47 Å². The maximum Gasteiger partial charge on any atom is 0.270 e. The van der Waals surface area contributed by atoms with E-state index in [2.05, 4.69) is 29.8 Å². The standard InChI is InChI=1S/C13H18BrNO4/c1-10(2)9-18-5-6-19-13-4-3-12(15(16)17)7-11(13)8-14/h3-4,7,10H,5-6,8-9H2,1-2H3. The first-order valence-electron chi connectivity index (χ1n) is 6.08. The van der Waals surface area contributed by atoms with Gasteiger partial charge in [0.25, 0.3) is 5.69 Å². The number of benzene rings is 1. The van der Waals surface area contributed by atoms with Crippen molar-refractivity contribution in [3.8, 4) is 5.75 Å². The first kappa shape index (κ1) is 15.9. The average molecular weight is 332 g/mol. The molecule has 1 aromatic carbocycles. The fraction of sp³-hybridized carbons (Fsp3) is 0.538. The van der Waals surface area contributed by atoms with Gasteiger partial charge in [-0.3, -0.25) is 10.1 Å². The van der Waals surface area contributed by atoms with Crippen LogP contribution in [0.4, 0.5) is 5.69 Å². The molecular formula is C13H18BrNO4. The largest absolute Gasteiger partial charge is 0.491 e. The number of rotatable bonds is 8. The zero-order valence-corrected chi connectivity index (χ0v) is 12.7. The van der Waals surface area contributed by atoms with Gasteiger partial charge in [-0.25, -0.2) is 0 Å². The van der Waals surface area contributed by atoms with Crippen LogP contribution in [0, 0.1) is 16.0 Å². The topological polar surface area (TPSA) is 61.6 Å². The van der Waals surface area contributed by atoms with Crippen LogP contribution in [0.1, 0.15) is 19.4 Å². The number of halogens is 1. The van der Waals surface area contributed by atoms with E-state index in [0.717, 1.165) is 5.56 Å². The Morgan fingerprint density at radius 1 is 1.37 bits per heavy atom. The summed E-state index contributed by atoms with van der Waals surface area (Å²) in [5.41, 5.74) is 0.830. The van der Waals surface area contributed by atoms with Gasteiger partial charge in [0, 0.05) is 29.6 Å². The van der Waals surface area contributed by atoms with E-state index < -0.39 is 4.92 Å². The molecule has 0 radical (unpaired) electrons. The summed E-state index contributed by atoms with van der Waals surface area (Å²) in [7, 11) is 0. The van der Waals surface area contributed by atoms with E-state index in [9.17, 15) is 10.1 Å². The predicted octanol–water partition coefficient (Wildman–Crippen LogP) is 3.54. The van der Waals surface area contributed by atoms with Crippen LogP contribution in [0.2, 0.25) is 0 Å². The monoisotopic (exact) mass is 331 g/mol. The van der Waals surface area contributed by atoms with Crippen LogP contribution < -0.4 is 4.74 Å². The molecule has 0 unspecified atom stereocenters. The number of nitro groups is 1. The van der Waals surface area contributed by atoms with Crippen molar-refractivity contribution in [1.29, 1.82) is 0 Å². The molecule has 1 aromatic rings. The minimum Gasteiger partial charge on any atom is -0.491 e. The molecule has 0 spiro atoms. The Morgan fingerprint density at radius 2 is 2.11 bits per heavy atom. The molecule has 1 rings (SSSR count). The smallest absolute Gasteiger partial charge is 0.270 e. The first-order valence-corrected chi connectivity index (χ1v) is 7.20. The Bertz CT molecular complexity index is 423. The molecule has 0 bridgehead atoms. The minimum absolute atomic E-state index is 0.0675. The normalized spacial score (nSPS) is 10.7. The van der Waals surface area contributed by atoms with Gasteiger partial charge in [0.2, 0.25) is 0 Å². The first-order chi connectivity index (χ1) is 9.04. The molecule has 0 aliphatic carbocycles. The number of hydrogen-bond acceptors (Lipinski definition) is 4. The van der Waals surface area contributed by atoms with E-state index in [1.165, 1.54) is 12.1 Å². The van der Waals surface area contributed by atoms with Gasteiger partial charge in [0.05, 0.1) is 11.5 Å². The second-order valence-electron chi connectivity index (χ2n) is 4.50. The Hall–Kier alpha value is -1.14. The van der Waals surface area contributed by atoms with Crippen molar-refractivity contribution < 1.29 is 14.4 Å². The van der Waals surface area contributed by atoms with E-state index in [1.54, 1.807) is 6.07 Å². The van der Waals surface area contributed by atoms with Crippen LogP contribution in [-0.2, 0) is 10.1 Å². The van der Waals surface area contributed by atoms with Crippen LogP contribution in [-0.4, -0.2) is 24.7 Å². The third-order valence-corrected chi connectivity index (χ3v) is 2.94. The van der Waals surface area contributed by atoms with Crippen LogP contribution >= 0.6 is 15.9 Å². The molecule has 0 atom stereocenters. The zero-order chi connectivity index (χ0) is 14.3. The van der Waals surface area contributed by atoms with Gasteiger partial charge in [-0.05, 0) is 12.0 Å². The summed E-state index contributed by atoms with van der Waals surface area (Å²) in [4.78, 5) is 10.3. The van der Waals surface area contributed by atoms with Crippen molar-refractivity contribution in [2.24, 2.45) is 5.92 Å². The van der Waals surface area contributed by atoms with Crippen molar-refractivity contribution in [2.75, 3.05) is 19.8 Å². The van der Waals surface area contributed by atoms with Gasteiger partial charge < -0.3 is 9.47 Å². The molecule has 0 N–H and O–H groups in total. The Labute approximate surface area is 121 Å². The van der Waals surface area contributed by atoms with Gasteiger partial charge in [-0.1, -0.05) is 29.8 Å². The van der Waals surface area contributed by atoms with Crippen molar-refractivity contribution in [1.82, 2.24) is 0 Å². The van der Waals surface area contributed by atoms with Crippen LogP contribution in [0.25, 0.3) is 0 Å². The summed E-state index contributed by atoms with van der Waals surface area (Å²) in [6.45, 7) is 5.82. The lowest BCUT2D eigenvalue weighted by Gasteiger charge is -2.11. The van der Waals surface area contributed by atoms with E-state index in [1.807, 2.05) is 0 Å². The number of nitrogens with zero attached hydrogens (tertiary/aromatic N) is 1. The summed E-state index contributed by atoms with van der Waals surface area (Å²) >= 11 is 3.30. The Balaban J connectivity index is 2.51. The molecular weight excluding hydrogens is 314 g/mol. The molecule has 0 amide bonds. The Kier molecular flexibility index (Phi) is 6.80. The Morgan fingerprint density at radius 3 is 2.68 bits per heavy atom. The van der Waals surface area contributed by atoms with Gasteiger partial charge in [0.15, 0.2) is 0 Å². The molecule has 0 saturated heterocycles. The fourth-order valence-electron chi connectivity index (χ4n) is 1.45. The molecule has 19 heavy (non-hydrogen) atoms. The predicted molar refractivity (Wildman–Crippen MR) is 76.9 cm³/mol. The molecule has 0 heterocycles. The van der Waals surface area contributed by atoms with E-state index in [-0.39, 0.29) is 5.69 Å². The van der Waals surface area contributed by atoms with Gasteiger partial charge in [-0.2, -0.15) is 0 Å². The lowest BCUT2D eigenvalue weighted by atomic mass is 10.2. The van der Waals surface area contributed by atoms with Crippen molar-refractivity contribution in [3.05, 3.63) is 33.9 Å². The molecule has 0 aromatic heterocycles. The molecule has 0 fully saturated rings. The van der Waals surface area contributed by atoms with Crippen LogP contribution in [0.3, 0.4) is 0 Å². The summed E-state index contributed by atoms with van der Waals surface area (Å²) in [6, 6.07) is 4.58. The molecule has 0 aliphatic rings. The maximum absolute atomic E-state index is 10.7. The molecule has 106 valence electrons. The number of non-ortho nitro benzene ring substituents is 1. The zero-order valence-electron chi connectivity index (χ0n) is 11.1. The second-order valence-corrected chi connectivity index (χ2v) is 5.06. The van der Waals surface area contributed by atoms with Crippen molar-refractivity contribution in [3.63, 3.8) is 0 Å². The van der Waals surface area contributed by atoms with Crippen molar-refractivity contribution >= 4 is 21.6 Å². The lowest BCUT2D eigenvalue weighted by molar-refractivity contribution is -0.384. The molecule has 6 heteroatoms. The number of alkyl halides is 1. The van der Waals surface area contributed by atoms with Gasteiger partial charge >= 0.3 is 0 Å². The highest BCUT2D eigenvalue weighted by atomic mass is 79.9. The minimum atomic E-state index is -0.415. The third kappa shape index (κ3) is 5.57.